The van der Waals surface area contributed by atoms with Gasteiger partial charge in [-0.25, -0.2) is 0 Å². The summed E-state index contributed by atoms with van der Waals surface area (Å²) in [7, 11) is 0. The maximum Gasteiger partial charge on any atom is 0.236 e. The van der Waals surface area contributed by atoms with Gasteiger partial charge in [0.1, 0.15) is 11.5 Å². The highest BCUT2D eigenvalue weighted by Gasteiger charge is 2.15. The predicted octanol–water partition coefficient (Wildman–Crippen LogP) is 3.15. The molecule has 21 heavy (non-hydrogen) atoms. The Morgan fingerprint density at radius 3 is 3.00 bits per heavy atom. The van der Waals surface area contributed by atoms with E-state index in [1.54, 1.807) is 12.1 Å². The number of furan rings is 1. The molecule has 0 atom stereocenters. The molecule has 0 unspecified atom stereocenters. The van der Waals surface area contributed by atoms with Crippen LogP contribution >= 0.6 is 23.4 Å². The lowest BCUT2D eigenvalue weighted by atomic mass is 10.2. The summed E-state index contributed by atoms with van der Waals surface area (Å²) in [5.74, 6) is 1.60. The van der Waals surface area contributed by atoms with Crippen LogP contribution in [-0.2, 0) is 4.79 Å². The molecule has 2 heterocycles. The molecule has 106 valence electrons. The van der Waals surface area contributed by atoms with E-state index in [0.717, 1.165) is 5.56 Å². The fourth-order valence-electron chi connectivity index (χ4n) is 1.74. The van der Waals surface area contributed by atoms with Crippen molar-refractivity contribution in [1.29, 1.82) is 0 Å². The van der Waals surface area contributed by atoms with Gasteiger partial charge in [-0.15, -0.1) is 5.10 Å². The first-order valence-electron chi connectivity index (χ1n) is 6.10. The number of amides is 1. The molecule has 1 aliphatic heterocycles. The van der Waals surface area contributed by atoms with E-state index in [4.69, 9.17) is 16.0 Å². The van der Waals surface area contributed by atoms with Crippen molar-refractivity contribution < 1.29 is 9.21 Å². The predicted molar refractivity (Wildman–Crippen MR) is 84.8 cm³/mol. The maximum atomic E-state index is 11.0. The van der Waals surface area contributed by atoms with Crippen molar-refractivity contribution in [3.8, 4) is 11.3 Å². The molecular weight excluding hydrogens is 310 g/mol. The molecule has 3 rings (SSSR count). The summed E-state index contributed by atoms with van der Waals surface area (Å²) in [4.78, 5) is 11.0. The highest BCUT2D eigenvalue weighted by molar-refractivity contribution is 8.15. The van der Waals surface area contributed by atoms with Crippen molar-refractivity contribution in [1.82, 2.24) is 5.32 Å². The van der Waals surface area contributed by atoms with Crippen LogP contribution in [0.5, 0.6) is 0 Å². The van der Waals surface area contributed by atoms with Gasteiger partial charge in [0.15, 0.2) is 5.17 Å². The minimum atomic E-state index is -0.0600. The molecule has 1 saturated heterocycles. The second-order valence-corrected chi connectivity index (χ2v) is 5.60. The number of rotatable bonds is 3. The third-order valence-corrected chi connectivity index (χ3v) is 3.75. The van der Waals surface area contributed by atoms with Gasteiger partial charge in [0, 0.05) is 10.6 Å². The van der Waals surface area contributed by atoms with Gasteiger partial charge in [-0.3, -0.25) is 4.79 Å². The average Bonchev–Trinajstić information content (AvgIpc) is 3.08. The van der Waals surface area contributed by atoms with Crippen LogP contribution in [0.2, 0.25) is 5.02 Å². The van der Waals surface area contributed by atoms with E-state index in [0.29, 0.717) is 27.5 Å². The van der Waals surface area contributed by atoms with Crippen molar-refractivity contribution in [2.24, 2.45) is 10.2 Å². The van der Waals surface area contributed by atoms with Crippen LogP contribution in [0.3, 0.4) is 0 Å². The van der Waals surface area contributed by atoms with Crippen LogP contribution in [0, 0.1) is 0 Å². The quantitative estimate of drug-likeness (QED) is 0.698. The molecule has 1 fully saturated rings. The minimum absolute atomic E-state index is 0.0600. The maximum absolute atomic E-state index is 11.0. The van der Waals surface area contributed by atoms with Gasteiger partial charge >= 0.3 is 0 Å². The molecule has 0 bridgehead atoms. The summed E-state index contributed by atoms with van der Waals surface area (Å²) in [5, 5.41) is 11.5. The highest BCUT2D eigenvalue weighted by Crippen LogP contribution is 2.24. The number of nitrogens with zero attached hydrogens (tertiary/aromatic N) is 2. The zero-order valence-corrected chi connectivity index (χ0v) is 12.3. The Labute approximate surface area is 130 Å². The van der Waals surface area contributed by atoms with Gasteiger partial charge in [0.05, 0.1) is 12.0 Å². The summed E-state index contributed by atoms with van der Waals surface area (Å²) in [6, 6.07) is 11.0. The van der Waals surface area contributed by atoms with Crippen molar-refractivity contribution >= 4 is 40.7 Å². The number of thioether (sulfide) groups is 1. The first kappa shape index (κ1) is 13.9. The molecular formula is C14H10ClN3O2S. The fourth-order valence-corrected chi connectivity index (χ4v) is 2.56. The van der Waals surface area contributed by atoms with E-state index >= 15 is 0 Å². The van der Waals surface area contributed by atoms with Crippen LogP contribution in [-0.4, -0.2) is 23.0 Å². The lowest BCUT2D eigenvalue weighted by Gasteiger charge is -1.96. The molecule has 1 amide bonds. The van der Waals surface area contributed by atoms with Gasteiger partial charge in [-0.2, -0.15) is 5.10 Å². The Hall–Kier alpha value is -2.05. The molecule has 0 spiro atoms. The highest BCUT2D eigenvalue weighted by atomic mass is 35.5. The summed E-state index contributed by atoms with van der Waals surface area (Å²) < 4.78 is 5.64. The summed E-state index contributed by atoms with van der Waals surface area (Å²) in [6.45, 7) is 0. The van der Waals surface area contributed by atoms with E-state index in [-0.39, 0.29) is 5.91 Å². The number of hydrogen-bond donors (Lipinski definition) is 1. The molecule has 1 aliphatic rings. The van der Waals surface area contributed by atoms with Crippen LogP contribution in [0.4, 0.5) is 0 Å². The van der Waals surface area contributed by atoms with Gasteiger partial charge in [-0.1, -0.05) is 35.5 Å². The van der Waals surface area contributed by atoms with Crippen molar-refractivity contribution in [2.45, 2.75) is 0 Å². The van der Waals surface area contributed by atoms with Gasteiger partial charge in [0.2, 0.25) is 5.91 Å². The number of carbonyl (C=O) groups is 1. The zero-order chi connectivity index (χ0) is 14.7. The summed E-state index contributed by atoms with van der Waals surface area (Å²) in [5.41, 5.74) is 0.895. The first-order chi connectivity index (χ1) is 10.2. The van der Waals surface area contributed by atoms with E-state index in [2.05, 4.69) is 15.5 Å². The molecule has 1 aromatic heterocycles. The Balaban J connectivity index is 1.72. The Morgan fingerprint density at radius 1 is 1.33 bits per heavy atom. The van der Waals surface area contributed by atoms with Crippen LogP contribution in [0.1, 0.15) is 5.76 Å². The van der Waals surface area contributed by atoms with E-state index in [1.165, 1.54) is 18.0 Å². The van der Waals surface area contributed by atoms with Crippen LogP contribution in [0.15, 0.2) is 51.0 Å². The Bertz CT molecular complexity index is 739. The number of carbonyl (C=O) groups excluding carboxylic acids is 1. The molecule has 0 aliphatic carbocycles. The van der Waals surface area contributed by atoms with Gasteiger partial charge in [0.25, 0.3) is 0 Å². The van der Waals surface area contributed by atoms with Crippen LogP contribution < -0.4 is 5.32 Å². The van der Waals surface area contributed by atoms with E-state index in [9.17, 15) is 4.79 Å². The lowest BCUT2D eigenvalue weighted by molar-refractivity contribution is -0.116. The van der Waals surface area contributed by atoms with Gasteiger partial charge in [-0.05, 0) is 24.3 Å². The second-order valence-electron chi connectivity index (χ2n) is 4.20. The fraction of sp³-hybridized carbons (Fsp3) is 0.0714. The molecule has 0 saturated carbocycles. The standard InChI is InChI=1S/C14H10ClN3O2S/c15-10-3-1-2-9(6-10)12-5-4-11(20-12)7-16-18-14-17-13(19)8-21-14/h1-7H,8H2,(H,17,18,19). The molecule has 2 aromatic rings. The number of nitrogens with one attached hydrogen (secondary N) is 1. The first-order valence-corrected chi connectivity index (χ1v) is 7.46. The third kappa shape index (κ3) is 3.53. The van der Waals surface area contributed by atoms with Gasteiger partial charge < -0.3 is 9.73 Å². The molecule has 1 aromatic carbocycles. The van der Waals surface area contributed by atoms with E-state index < -0.39 is 0 Å². The van der Waals surface area contributed by atoms with Crippen molar-refractivity contribution in [3.63, 3.8) is 0 Å². The van der Waals surface area contributed by atoms with Crippen molar-refractivity contribution in [3.05, 3.63) is 47.2 Å². The lowest BCUT2D eigenvalue weighted by Crippen LogP contribution is -2.19. The van der Waals surface area contributed by atoms with Crippen molar-refractivity contribution in [2.75, 3.05) is 5.75 Å². The normalized spacial score (nSPS) is 16.8. The SMILES string of the molecule is O=C1CSC(=NN=Cc2ccc(-c3cccc(Cl)c3)o2)N1. The molecule has 0 radical (unpaired) electrons. The Morgan fingerprint density at radius 2 is 2.24 bits per heavy atom. The third-order valence-electron chi connectivity index (χ3n) is 2.66. The zero-order valence-electron chi connectivity index (χ0n) is 10.7. The minimum Gasteiger partial charge on any atom is -0.455 e. The summed E-state index contributed by atoms with van der Waals surface area (Å²) >= 11 is 7.27. The summed E-state index contributed by atoms with van der Waals surface area (Å²) in [6.07, 6.45) is 1.49. The van der Waals surface area contributed by atoms with E-state index in [1.807, 2.05) is 24.3 Å². The number of halogens is 1. The molecule has 1 N–H and O–H groups in total. The molecule has 5 nitrogen and oxygen atoms in total. The Kier molecular flexibility index (Phi) is 4.08. The average molecular weight is 320 g/mol. The smallest absolute Gasteiger partial charge is 0.236 e. The second kappa shape index (κ2) is 6.15. The monoisotopic (exact) mass is 319 g/mol. The topological polar surface area (TPSA) is 67.0 Å². The number of hydrogen-bond acceptors (Lipinski definition) is 5. The number of amidine groups is 1. The molecule has 7 heteroatoms. The number of benzene rings is 1. The van der Waals surface area contributed by atoms with Crippen LogP contribution in [0.25, 0.3) is 11.3 Å². The largest absolute Gasteiger partial charge is 0.455 e.